The molecule has 10 rings (SSSR count). The average Bonchev–Trinajstić information content (AvgIpc) is 0.822. The molecule has 9 fully saturated rings. The highest BCUT2D eigenvalue weighted by Crippen LogP contribution is 2.76. The topological polar surface area (TPSA) is 393 Å². The number of hydrogen-bond acceptors (Lipinski definition) is 24. The van der Waals surface area contributed by atoms with Gasteiger partial charge in [0.05, 0.1) is 43.5 Å². The number of fused-ring (bicyclic) bond motifs is 7. The second kappa shape index (κ2) is 23.8. The van der Waals surface area contributed by atoms with Gasteiger partial charge in [0.25, 0.3) is 0 Å². The predicted octanol–water partition coefficient (Wildman–Crippen LogP) is -0.951. The van der Waals surface area contributed by atoms with Gasteiger partial charge in [0.1, 0.15) is 104 Å². The van der Waals surface area contributed by atoms with E-state index >= 15 is 0 Å². The van der Waals surface area contributed by atoms with Gasteiger partial charge < -0.3 is 119 Å². The summed E-state index contributed by atoms with van der Waals surface area (Å²) in [5, 5.41) is 153. The molecule has 5 aliphatic heterocycles. The quantitative estimate of drug-likeness (QED) is 0.0781. The highest BCUT2D eigenvalue weighted by molar-refractivity contribution is 5.76. The van der Waals surface area contributed by atoms with Crippen molar-refractivity contribution < 1.29 is 124 Å². The molecule has 0 aromatic carbocycles. The summed E-state index contributed by atoms with van der Waals surface area (Å²) in [5.74, 6) is -0.166. The molecule has 0 amide bonds. The first-order valence-corrected chi connectivity index (χ1v) is 30.5. The van der Waals surface area contributed by atoms with E-state index in [1.54, 1.807) is 0 Å². The third-order valence-corrected chi connectivity index (χ3v) is 23.1. The maximum Gasteiger partial charge on any atom is 0.310 e. The van der Waals surface area contributed by atoms with Gasteiger partial charge in [-0.3, -0.25) is 4.79 Å². The molecule has 25 nitrogen and oxygen atoms in total. The normalized spacial score (nSPS) is 54.7. The van der Waals surface area contributed by atoms with Crippen molar-refractivity contribution in [2.45, 2.75) is 280 Å². The van der Waals surface area contributed by atoms with Crippen molar-refractivity contribution in [2.24, 2.45) is 50.2 Å². The van der Waals surface area contributed by atoms with Crippen LogP contribution in [0.5, 0.6) is 0 Å². The van der Waals surface area contributed by atoms with Crippen molar-refractivity contribution in [2.75, 3.05) is 19.8 Å². The lowest BCUT2D eigenvalue weighted by Crippen LogP contribution is -2.67. The van der Waals surface area contributed by atoms with E-state index < -0.39 is 184 Å². The van der Waals surface area contributed by atoms with Crippen molar-refractivity contribution in [3.8, 4) is 0 Å². The van der Waals surface area contributed by atoms with Gasteiger partial charge >= 0.3 is 5.97 Å². The molecule has 5 heterocycles. The van der Waals surface area contributed by atoms with Gasteiger partial charge in [-0.15, -0.1) is 0 Å². The molecule has 0 radical (unpaired) electrons. The van der Waals surface area contributed by atoms with Crippen LogP contribution in [0.25, 0.3) is 0 Å². The Morgan fingerprint density at radius 3 is 1.82 bits per heavy atom. The number of allylic oxidation sites excluding steroid dienone is 2. The fourth-order valence-corrected chi connectivity index (χ4v) is 17.6. The molecular formula is C59H96O25. The number of hydrogen-bond donors (Lipinski definition) is 14. The van der Waals surface area contributed by atoms with E-state index in [2.05, 4.69) is 54.5 Å². The zero-order valence-corrected chi connectivity index (χ0v) is 49.7. The fourth-order valence-electron chi connectivity index (χ4n) is 17.6. The van der Waals surface area contributed by atoms with Crippen LogP contribution in [0.3, 0.4) is 0 Å². The predicted molar refractivity (Wildman–Crippen MR) is 287 cm³/mol. The second-order valence-corrected chi connectivity index (χ2v) is 28.7. The monoisotopic (exact) mass is 1200 g/mol. The lowest BCUT2D eigenvalue weighted by atomic mass is 9.33. The molecule has 10 aliphatic rings. The van der Waals surface area contributed by atoms with Crippen LogP contribution in [0.4, 0.5) is 0 Å². The molecule has 0 spiro atoms. The summed E-state index contributed by atoms with van der Waals surface area (Å²) < 4.78 is 59.6. The maximum absolute atomic E-state index is 13.2. The van der Waals surface area contributed by atoms with Crippen LogP contribution < -0.4 is 0 Å². The van der Waals surface area contributed by atoms with Crippen molar-refractivity contribution in [1.82, 2.24) is 0 Å². The summed E-state index contributed by atoms with van der Waals surface area (Å²) in [7, 11) is 0. The van der Waals surface area contributed by atoms with Crippen LogP contribution in [0.2, 0.25) is 0 Å². The minimum absolute atomic E-state index is 0.00326. The van der Waals surface area contributed by atoms with Crippen LogP contribution >= 0.6 is 0 Å². The summed E-state index contributed by atoms with van der Waals surface area (Å²) in [6.45, 7) is 17.3. The number of carbonyl (C=O) groups is 1. The fraction of sp³-hybridized carbons (Fsp3) is 0.949. The number of carboxylic acids is 1. The van der Waals surface area contributed by atoms with E-state index in [-0.39, 0.29) is 40.1 Å². The molecule has 5 saturated heterocycles. The number of carboxylic acid groups (broad SMARTS) is 1. The zero-order chi connectivity index (χ0) is 61.3. The molecule has 4 saturated carbocycles. The van der Waals surface area contributed by atoms with Crippen LogP contribution in [0.15, 0.2) is 11.6 Å². The Balaban J connectivity index is 0.796. The van der Waals surface area contributed by atoms with Crippen LogP contribution in [0.1, 0.15) is 127 Å². The summed E-state index contributed by atoms with van der Waals surface area (Å²) in [5.41, 5.74) is -0.144. The van der Waals surface area contributed by atoms with Gasteiger partial charge in [-0.25, -0.2) is 0 Å². The third kappa shape index (κ3) is 10.9. The minimum Gasteiger partial charge on any atom is -0.481 e. The first kappa shape index (κ1) is 65.2. The van der Waals surface area contributed by atoms with Gasteiger partial charge in [0, 0.05) is 0 Å². The van der Waals surface area contributed by atoms with Crippen LogP contribution in [-0.4, -0.2) is 251 Å². The van der Waals surface area contributed by atoms with Gasteiger partial charge in [0.15, 0.2) is 31.5 Å². The van der Waals surface area contributed by atoms with E-state index in [0.717, 1.165) is 44.9 Å². The summed E-state index contributed by atoms with van der Waals surface area (Å²) >= 11 is 0. The molecule has 25 heteroatoms. The molecule has 0 bridgehead atoms. The lowest BCUT2D eigenvalue weighted by molar-refractivity contribution is -0.391. The first-order chi connectivity index (χ1) is 39.3. The van der Waals surface area contributed by atoms with Crippen LogP contribution in [-0.2, 0) is 52.2 Å². The van der Waals surface area contributed by atoms with Gasteiger partial charge in [-0.2, -0.15) is 0 Å². The van der Waals surface area contributed by atoms with Crippen molar-refractivity contribution in [3.63, 3.8) is 0 Å². The molecule has 27 unspecified atom stereocenters. The van der Waals surface area contributed by atoms with Crippen molar-refractivity contribution >= 4 is 5.97 Å². The molecular weight excluding hydrogens is 1110 g/mol. The summed E-state index contributed by atoms with van der Waals surface area (Å²) in [4.78, 5) is 13.2. The van der Waals surface area contributed by atoms with Gasteiger partial charge in [-0.05, 0) is 123 Å². The molecule has 14 N–H and O–H groups in total. The largest absolute Gasteiger partial charge is 0.481 e. The first-order valence-electron chi connectivity index (χ1n) is 30.5. The highest BCUT2D eigenvalue weighted by Gasteiger charge is 2.70. The smallest absolute Gasteiger partial charge is 0.310 e. The Labute approximate surface area is 490 Å². The minimum atomic E-state index is -2.07. The maximum atomic E-state index is 13.2. The van der Waals surface area contributed by atoms with E-state index in [0.29, 0.717) is 25.2 Å². The van der Waals surface area contributed by atoms with Gasteiger partial charge in [0.2, 0.25) is 0 Å². The Morgan fingerprint density at radius 1 is 0.560 bits per heavy atom. The number of aliphatic carboxylic acids is 1. The highest BCUT2D eigenvalue weighted by atomic mass is 16.8. The second-order valence-electron chi connectivity index (χ2n) is 28.7. The van der Waals surface area contributed by atoms with E-state index in [9.17, 15) is 76.3 Å². The Kier molecular flexibility index (Phi) is 18.5. The molecule has 84 heavy (non-hydrogen) atoms. The molecule has 482 valence electrons. The Bertz CT molecular complexity index is 2340. The number of ether oxygens (including phenoxy) is 10. The number of aliphatic hydroxyl groups excluding tert-OH is 13. The standard InChI is InChI=1S/C59H96O25/c1-24-34(62)38(66)41(69)48(77-24)76-23-30-37(65)39(67)42(70)49(80-30)82-45-29(21-60)79-50(43(71)40(45)68)83-46-35(63)25(2)78-51(44(46)72)84-47-36(64)28(61)22-75-52(47)81-33-13-14-56(7)31(55(33,5)6)12-15-58(9)32(56)11-10-26-27-20-54(3,4)16-18-59(27,53(73)74)19-17-57(26,58)8/h10,24-25,27-52,60-72H,11-23H2,1-9H3,(H,73,74)/t24?,25?,27?,28?,29?,30?,31?,32?,33-,34?,35?,36?,37?,38?,39?,40?,41?,42?,43?,44?,45?,46?,47?,48?,49?,50?,51?,52?,56-,57+,58+,59-/m0/s1. The molecule has 0 aromatic rings. The van der Waals surface area contributed by atoms with Gasteiger partial charge in [-0.1, -0.05) is 60.1 Å². The Hall–Kier alpha value is -1.71. The molecule has 0 aromatic heterocycles. The molecule has 5 aliphatic carbocycles. The third-order valence-electron chi connectivity index (χ3n) is 23.1. The number of aliphatic hydroxyl groups is 13. The molecule has 32 atom stereocenters. The van der Waals surface area contributed by atoms with Crippen molar-refractivity contribution in [1.29, 1.82) is 0 Å². The zero-order valence-electron chi connectivity index (χ0n) is 49.7. The van der Waals surface area contributed by atoms with E-state index in [1.807, 2.05) is 0 Å². The Morgan fingerprint density at radius 2 is 1.14 bits per heavy atom. The lowest BCUT2D eigenvalue weighted by Gasteiger charge is -2.71. The van der Waals surface area contributed by atoms with Crippen LogP contribution in [0, 0.1) is 50.2 Å². The average molecular weight is 1210 g/mol. The van der Waals surface area contributed by atoms with E-state index in [4.69, 9.17) is 47.4 Å². The summed E-state index contributed by atoms with van der Waals surface area (Å²) in [6, 6.07) is 0. The summed E-state index contributed by atoms with van der Waals surface area (Å²) in [6.07, 6.45) is -29.6. The van der Waals surface area contributed by atoms with Crippen molar-refractivity contribution in [3.05, 3.63) is 11.6 Å². The van der Waals surface area contributed by atoms with E-state index in [1.165, 1.54) is 19.4 Å². The number of rotatable bonds is 13. The SMILES string of the molecule is CC1OC(OCC2OC(OC3C(CO)OC(OC4C(O)C(C)OC(OC5C(O[C@H]6CC[C@@]7(C)C(CC[C@]8(C)C7CC=C7C9CC(C)(C)CC[C@]9(C(=O)O)CC[C@]78C)C6(C)C)OCC(O)C5O)C4O)C(O)C3O)C(O)C(O)C2O)C(O)C(O)C1O.